The lowest BCUT2D eigenvalue weighted by molar-refractivity contribution is -0.141. The summed E-state index contributed by atoms with van der Waals surface area (Å²) in [5, 5.41) is 9.54. The van der Waals surface area contributed by atoms with Crippen LogP contribution in [0.25, 0.3) is 15.9 Å². The molecule has 0 bridgehead atoms. The quantitative estimate of drug-likeness (QED) is 0.363. The molecule has 0 radical (unpaired) electrons. The molecule has 0 amide bonds. The van der Waals surface area contributed by atoms with E-state index in [9.17, 15) is 13.2 Å². The van der Waals surface area contributed by atoms with Crippen molar-refractivity contribution in [1.82, 2.24) is 29.4 Å². The van der Waals surface area contributed by atoms with Crippen LogP contribution in [0.5, 0.6) is 0 Å². The highest BCUT2D eigenvalue weighted by Gasteiger charge is 2.38. The molecular formula is C24H27F3N6S. The van der Waals surface area contributed by atoms with Gasteiger partial charge >= 0.3 is 6.18 Å². The SMILES string of the molecule is CC(C)(C)C1CCc2c(sc3ncn4nc(CCn5nc(C(F)(F)F)cc5C5CC5)nc4c23)C1. The molecule has 4 heterocycles. The summed E-state index contributed by atoms with van der Waals surface area (Å²) in [7, 11) is 0. The zero-order chi connectivity index (χ0) is 23.8. The maximum Gasteiger partial charge on any atom is 0.435 e. The smallest absolute Gasteiger partial charge is 0.268 e. The van der Waals surface area contributed by atoms with Crippen molar-refractivity contribution in [3.8, 4) is 0 Å². The van der Waals surface area contributed by atoms with Gasteiger partial charge in [0.05, 0.1) is 5.39 Å². The van der Waals surface area contributed by atoms with Crippen molar-refractivity contribution in [2.75, 3.05) is 0 Å². The Morgan fingerprint density at radius 3 is 2.62 bits per heavy atom. The largest absolute Gasteiger partial charge is 0.435 e. The molecule has 0 saturated heterocycles. The maximum atomic E-state index is 13.2. The number of halogens is 3. The Labute approximate surface area is 199 Å². The first-order chi connectivity index (χ1) is 16.1. The molecule has 1 atom stereocenters. The fraction of sp³-hybridized carbons (Fsp3) is 0.583. The summed E-state index contributed by atoms with van der Waals surface area (Å²) in [5.74, 6) is 1.42. The summed E-state index contributed by atoms with van der Waals surface area (Å²) >= 11 is 1.76. The van der Waals surface area contributed by atoms with Gasteiger partial charge in [0.2, 0.25) is 0 Å². The Bertz CT molecular complexity index is 1390. The van der Waals surface area contributed by atoms with Crippen LogP contribution in [-0.2, 0) is 32.0 Å². The third-order valence-corrected chi connectivity index (χ3v) is 8.46. The Morgan fingerprint density at radius 2 is 1.91 bits per heavy atom. The van der Waals surface area contributed by atoms with Crippen LogP contribution in [0.1, 0.15) is 73.6 Å². The summed E-state index contributed by atoms with van der Waals surface area (Å²) in [6.07, 6.45) is 2.74. The average molecular weight is 489 g/mol. The number of aromatic nitrogens is 6. The highest BCUT2D eigenvalue weighted by Crippen LogP contribution is 2.44. The van der Waals surface area contributed by atoms with E-state index in [0.717, 1.165) is 48.0 Å². The van der Waals surface area contributed by atoms with E-state index in [-0.39, 0.29) is 11.3 Å². The molecule has 1 unspecified atom stereocenters. The fourth-order valence-electron chi connectivity index (χ4n) is 5.13. The van der Waals surface area contributed by atoms with E-state index in [1.807, 2.05) is 0 Å². The minimum Gasteiger partial charge on any atom is -0.268 e. The molecule has 2 aliphatic carbocycles. The molecule has 6 nitrogen and oxygen atoms in total. The molecular weight excluding hydrogens is 461 g/mol. The number of nitrogens with zero attached hydrogens (tertiary/aromatic N) is 6. The van der Waals surface area contributed by atoms with Crippen molar-refractivity contribution < 1.29 is 13.2 Å². The van der Waals surface area contributed by atoms with Crippen molar-refractivity contribution in [3.63, 3.8) is 0 Å². The molecule has 0 aromatic carbocycles. The predicted molar refractivity (Wildman–Crippen MR) is 124 cm³/mol. The van der Waals surface area contributed by atoms with Gasteiger partial charge in [-0.1, -0.05) is 20.8 Å². The van der Waals surface area contributed by atoms with Gasteiger partial charge in [-0.05, 0) is 55.1 Å². The first-order valence-electron chi connectivity index (χ1n) is 11.9. The maximum absolute atomic E-state index is 13.2. The lowest BCUT2D eigenvalue weighted by Gasteiger charge is -2.33. The number of fused-ring (bicyclic) bond motifs is 5. The second-order valence-electron chi connectivity index (χ2n) is 10.7. The van der Waals surface area contributed by atoms with Crippen molar-refractivity contribution in [2.24, 2.45) is 11.3 Å². The van der Waals surface area contributed by atoms with Gasteiger partial charge in [-0.2, -0.15) is 18.3 Å². The third kappa shape index (κ3) is 3.79. The van der Waals surface area contributed by atoms with Gasteiger partial charge in [0, 0.05) is 29.5 Å². The summed E-state index contributed by atoms with van der Waals surface area (Å²) in [4.78, 5) is 11.8. The standard InChI is InChI=1S/C24H27F3N6S/c1-23(2,3)14-6-7-15-17(10-14)34-22-20(15)21-29-19(31-33(21)12-28-22)8-9-32-16(13-4-5-13)11-18(30-32)24(25,26)27/h11-14H,4-10H2,1-3H3. The van der Waals surface area contributed by atoms with Crippen LogP contribution in [0.2, 0.25) is 0 Å². The van der Waals surface area contributed by atoms with Crippen molar-refractivity contribution in [3.05, 3.63) is 40.0 Å². The number of rotatable bonds is 4. The Morgan fingerprint density at radius 1 is 1.12 bits per heavy atom. The van der Waals surface area contributed by atoms with E-state index < -0.39 is 11.9 Å². The predicted octanol–water partition coefficient (Wildman–Crippen LogP) is 5.83. The van der Waals surface area contributed by atoms with Crippen LogP contribution in [-0.4, -0.2) is 29.4 Å². The summed E-state index contributed by atoms with van der Waals surface area (Å²) in [6, 6.07) is 1.20. The molecule has 2 aliphatic rings. The van der Waals surface area contributed by atoms with E-state index in [4.69, 9.17) is 4.98 Å². The molecule has 1 fully saturated rings. The molecule has 0 aliphatic heterocycles. The second kappa shape index (κ2) is 7.50. The van der Waals surface area contributed by atoms with Crippen LogP contribution in [0.15, 0.2) is 12.4 Å². The number of aryl methyl sites for hydroxylation is 3. The van der Waals surface area contributed by atoms with E-state index >= 15 is 0 Å². The van der Waals surface area contributed by atoms with Crippen LogP contribution in [0.3, 0.4) is 0 Å². The van der Waals surface area contributed by atoms with Crippen LogP contribution in [0, 0.1) is 11.3 Å². The molecule has 1 saturated carbocycles. The highest BCUT2D eigenvalue weighted by molar-refractivity contribution is 7.19. The monoisotopic (exact) mass is 488 g/mol. The zero-order valence-corrected chi connectivity index (χ0v) is 20.3. The molecule has 6 rings (SSSR count). The van der Waals surface area contributed by atoms with E-state index in [0.29, 0.717) is 30.4 Å². The lowest BCUT2D eigenvalue weighted by Crippen LogP contribution is -2.26. The van der Waals surface area contributed by atoms with Gasteiger partial charge in [-0.3, -0.25) is 4.68 Å². The van der Waals surface area contributed by atoms with Crippen LogP contribution in [0.4, 0.5) is 13.2 Å². The first kappa shape index (κ1) is 22.0. The number of alkyl halides is 3. The fourth-order valence-corrected chi connectivity index (χ4v) is 6.39. The summed E-state index contributed by atoms with van der Waals surface area (Å²) < 4.78 is 42.8. The molecule has 180 valence electrons. The number of hydrogen-bond donors (Lipinski definition) is 0. The molecule has 4 aromatic rings. The molecule has 34 heavy (non-hydrogen) atoms. The topological polar surface area (TPSA) is 60.9 Å². The minimum atomic E-state index is -4.43. The number of thiophene rings is 1. The van der Waals surface area contributed by atoms with Crippen LogP contribution >= 0.6 is 11.3 Å². The molecule has 10 heteroatoms. The normalized spacial score (nSPS) is 19.3. The summed E-state index contributed by atoms with van der Waals surface area (Å²) in [6.45, 7) is 7.25. The number of hydrogen-bond acceptors (Lipinski definition) is 5. The Hall–Kier alpha value is -2.49. The zero-order valence-electron chi connectivity index (χ0n) is 19.5. The van der Waals surface area contributed by atoms with Gasteiger partial charge in [0.1, 0.15) is 11.2 Å². The average Bonchev–Trinajstić information content (AvgIpc) is 3.20. The minimum absolute atomic E-state index is 0.177. The Balaban J connectivity index is 1.30. The first-order valence-corrected chi connectivity index (χ1v) is 12.7. The van der Waals surface area contributed by atoms with Crippen molar-refractivity contribution in [2.45, 2.75) is 77.9 Å². The molecule has 4 aromatic heterocycles. The highest BCUT2D eigenvalue weighted by atomic mass is 32.1. The van der Waals surface area contributed by atoms with Gasteiger partial charge in [-0.15, -0.1) is 16.4 Å². The second-order valence-corrected chi connectivity index (χ2v) is 11.8. The lowest BCUT2D eigenvalue weighted by atomic mass is 9.72. The third-order valence-electron chi connectivity index (χ3n) is 7.30. The van der Waals surface area contributed by atoms with Gasteiger partial charge in [-0.25, -0.2) is 14.5 Å². The van der Waals surface area contributed by atoms with Gasteiger partial charge in [0.25, 0.3) is 0 Å². The summed E-state index contributed by atoms with van der Waals surface area (Å²) in [5.41, 5.74) is 2.26. The van der Waals surface area contributed by atoms with Crippen molar-refractivity contribution in [1.29, 1.82) is 0 Å². The van der Waals surface area contributed by atoms with E-state index in [2.05, 4.69) is 36.0 Å². The van der Waals surface area contributed by atoms with Gasteiger partial charge in [0.15, 0.2) is 17.2 Å². The van der Waals surface area contributed by atoms with E-state index in [1.165, 1.54) is 21.2 Å². The van der Waals surface area contributed by atoms with Crippen molar-refractivity contribution >= 4 is 27.2 Å². The Kier molecular flexibility index (Phi) is 4.86. The van der Waals surface area contributed by atoms with Gasteiger partial charge < -0.3 is 0 Å². The molecule has 0 N–H and O–H groups in total. The van der Waals surface area contributed by atoms with Crippen LogP contribution < -0.4 is 0 Å². The van der Waals surface area contributed by atoms with E-state index in [1.54, 1.807) is 22.2 Å². The molecule has 0 spiro atoms.